The lowest BCUT2D eigenvalue weighted by Crippen LogP contribution is -2.53. The van der Waals surface area contributed by atoms with E-state index in [1.165, 1.54) is 37.3 Å². The molecular weight excluding hydrogens is 627 g/mol. The molecule has 4 aromatic rings. The quantitative estimate of drug-likeness (QED) is 0.145. The molecule has 1 atom stereocenters. The molecule has 254 valence electrons. The molecule has 48 heavy (non-hydrogen) atoms. The first-order chi connectivity index (χ1) is 23.1. The molecule has 9 nitrogen and oxygen atoms in total. The Kier molecular flexibility index (Phi) is 12.6. The van der Waals surface area contributed by atoms with E-state index in [1.807, 2.05) is 87.5 Å². The summed E-state index contributed by atoms with van der Waals surface area (Å²) in [5, 5.41) is 3.01. The van der Waals surface area contributed by atoms with Crippen LogP contribution in [0.15, 0.2) is 102 Å². The van der Waals surface area contributed by atoms with Gasteiger partial charge in [-0.2, -0.15) is 0 Å². The molecule has 1 unspecified atom stereocenters. The molecule has 0 aliphatic rings. The third-order valence-corrected chi connectivity index (χ3v) is 9.78. The number of carbonyl (C=O) groups is 2. The van der Waals surface area contributed by atoms with Crippen molar-refractivity contribution in [1.29, 1.82) is 0 Å². The Labute approximate surface area is 284 Å². The molecule has 4 aromatic carbocycles. The van der Waals surface area contributed by atoms with Gasteiger partial charge in [-0.25, -0.2) is 8.42 Å². The maximum Gasteiger partial charge on any atom is 0.264 e. The van der Waals surface area contributed by atoms with Crippen LogP contribution in [0.1, 0.15) is 42.0 Å². The highest BCUT2D eigenvalue weighted by molar-refractivity contribution is 7.92. The van der Waals surface area contributed by atoms with Crippen molar-refractivity contribution in [2.45, 2.75) is 57.5 Å². The van der Waals surface area contributed by atoms with Gasteiger partial charge in [0.25, 0.3) is 10.0 Å². The van der Waals surface area contributed by atoms with E-state index in [0.29, 0.717) is 18.0 Å². The first-order valence-electron chi connectivity index (χ1n) is 16.1. The van der Waals surface area contributed by atoms with Gasteiger partial charge in [0.2, 0.25) is 11.8 Å². The number of amides is 2. The van der Waals surface area contributed by atoms with Crippen molar-refractivity contribution in [3.8, 4) is 11.5 Å². The second-order valence-electron chi connectivity index (χ2n) is 11.7. The Bertz CT molecular complexity index is 1760. The summed E-state index contributed by atoms with van der Waals surface area (Å²) in [4.78, 5) is 30.0. The fraction of sp³-hybridized carbons (Fsp3) is 0.316. The van der Waals surface area contributed by atoms with Crippen LogP contribution in [0.3, 0.4) is 0 Å². The topological polar surface area (TPSA) is 105 Å². The molecule has 2 amide bonds. The molecule has 4 rings (SSSR count). The smallest absolute Gasteiger partial charge is 0.264 e. The molecule has 0 aromatic heterocycles. The van der Waals surface area contributed by atoms with Crippen LogP contribution in [0.4, 0.5) is 5.69 Å². The minimum Gasteiger partial charge on any atom is -0.493 e. The molecule has 1 N–H and O–H groups in total. The molecule has 0 radical (unpaired) electrons. The fourth-order valence-electron chi connectivity index (χ4n) is 5.57. The van der Waals surface area contributed by atoms with Crippen LogP contribution in [0.5, 0.6) is 11.5 Å². The molecule has 0 saturated carbocycles. The number of carbonyl (C=O) groups excluding carboxylic acids is 2. The molecule has 0 saturated heterocycles. The normalized spacial score (nSPS) is 11.8. The Morgan fingerprint density at radius 3 is 1.98 bits per heavy atom. The molecule has 10 heteroatoms. The van der Waals surface area contributed by atoms with E-state index in [0.717, 1.165) is 39.4 Å². The maximum atomic E-state index is 14.7. The lowest BCUT2D eigenvalue weighted by molar-refractivity contribution is -0.140. The zero-order valence-electron chi connectivity index (χ0n) is 28.3. The van der Waals surface area contributed by atoms with Crippen molar-refractivity contribution >= 4 is 27.5 Å². The van der Waals surface area contributed by atoms with Gasteiger partial charge in [-0.05, 0) is 66.8 Å². The van der Waals surface area contributed by atoms with Crippen molar-refractivity contribution in [2.24, 2.45) is 0 Å². The number of anilines is 1. The van der Waals surface area contributed by atoms with Gasteiger partial charge in [-0.1, -0.05) is 80.1 Å². The van der Waals surface area contributed by atoms with E-state index < -0.39 is 28.5 Å². The fourth-order valence-corrected chi connectivity index (χ4v) is 6.98. The number of methoxy groups -OCH3 is 2. The summed E-state index contributed by atoms with van der Waals surface area (Å²) in [6.45, 7) is 5.82. The Hall–Kier alpha value is -4.83. The summed E-state index contributed by atoms with van der Waals surface area (Å²) in [7, 11) is -1.42. The molecule has 0 spiro atoms. The Morgan fingerprint density at radius 2 is 1.40 bits per heavy atom. The highest BCUT2D eigenvalue weighted by Gasteiger charge is 2.35. The summed E-state index contributed by atoms with van der Waals surface area (Å²) in [6.07, 6.45) is 1.94. The van der Waals surface area contributed by atoms with Gasteiger partial charge in [0.1, 0.15) is 12.6 Å². The average molecular weight is 672 g/mol. The lowest BCUT2D eigenvalue weighted by Gasteiger charge is -2.34. The van der Waals surface area contributed by atoms with Crippen molar-refractivity contribution in [2.75, 3.05) is 31.6 Å². The van der Waals surface area contributed by atoms with Gasteiger partial charge in [0.05, 0.1) is 24.8 Å². The SMILES string of the molecule is CCCCNC(=O)C(Cc1ccccc1)N(Cc1ccccc1)C(=O)CN(c1cc(C)cc(C)c1)S(=O)(=O)c1ccc(OC)c(OC)c1. The van der Waals surface area contributed by atoms with E-state index in [-0.39, 0.29) is 29.5 Å². The van der Waals surface area contributed by atoms with Gasteiger partial charge in [0, 0.05) is 25.6 Å². The number of aryl methyl sites for hydroxylation is 2. The van der Waals surface area contributed by atoms with Crippen LogP contribution in [0.25, 0.3) is 0 Å². The first-order valence-corrected chi connectivity index (χ1v) is 17.5. The molecule has 0 aliphatic carbocycles. The second kappa shape index (κ2) is 16.8. The molecule has 0 fully saturated rings. The van der Waals surface area contributed by atoms with Crippen molar-refractivity contribution in [1.82, 2.24) is 10.2 Å². The molecule has 0 heterocycles. The summed E-state index contributed by atoms with van der Waals surface area (Å²) in [5.74, 6) is -0.203. The van der Waals surface area contributed by atoms with E-state index in [9.17, 15) is 18.0 Å². The number of hydrogen-bond donors (Lipinski definition) is 1. The van der Waals surface area contributed by atoms with Crippen LogP contribution in [-0.4, -0.2) is 58.5 Å². The number of unbranched alkanes of at least 4 members (excludes halogenated alkanes) is 1. The minimum absolute atomic E-state index is 0.0696. The maximum absolute atomic E-state index is 14.7. The predicted octanol–water partition coefficient (Wildman–Crippen LogP) is 6.07. The number of benzene rings is 4. The molecular formula is C38H45N3O6S. The minimum atomic E-state index is -4.32. The van der Waals surface area contributed by atoms with Gasteiger partial charge in [0.15, 0.2) is 11.5 Å². The molecule has 0 bridgehead atoms. The monoisotopic (exact) mass is 671 g/mol. The highest BCUT2D eigenvalue weighted by Crippen LogP contribution is 2.33. The number of sulfonamides is 1. The van der Waals surface area contributed by atoms with Crippen LogP contribution < -0.4 is 19.1 Å². The van der Waals surface area contributed by atoms with Crippen LogP contribution in [-0.2, 0) is 32.6 Å². The number of rotatable bonds is 16. The van der Waals surface area contributed by atoms with E-state index in [2.05, 4.69) is 5.32 Å². The van der Waals surface area contributed by atoms with Crippen molar-refractivity contribution in [3.05, 3.63) is 119 Å². The van der Waals surface area contributed by atoms with E-state index >= 15 is 0 Å². The van der Waals surface area contributed by atoms with Gasteiger partial charge in [-0.3, -0.25) is 13.9 Å². The van der Waals surface area contributed by atoms with Gasteiger partial charge >= 0.3 is 0 Å². The number of ether oxygens (including phenoxy) is 2. The zero-order chi connectivity index (χ0) is 34.7. The Morgan fingerprint density at radius 1 is 0.792 bits per heavy atom. The summed E-state index contributed by atoms with van der Waals surface area (Å²) in [5.41, 5.74) is 3.70. The summed E-state index contributed by atoms with van der Waals surface area (Å²) in [6, 6.07) is 27.7. The largest absolute Gasteiger partial charge is 0.493 e. The lowest BCUT2D eigenvalue weighted by atomic mass is 10.0. The van der Waals surface area contributed by atoms with E-state index in [4.69, 9.17) is 9.47 Å². The summed E-state index contributed by atoms with van der Waals surface area (Å²) < 4.78 is 40.8. The molecule has 0 aliphatic heterocycles. The predicted molar refractivity (Wildman–Crippen MR) is 189 cm³/mol. The average Bonchev–Trinajstić information content (AvgIpc) is 3.08. The van der Waals surface area contributed by atoms with Crippen molar-refractivity contribution < 1.29 is 27.5 Å². The van der Waals surface area contributed by atoms with Crippen LogP contribution in [0, 0.1) is 13.8 Å². The standard InChI is InChI=1S/C38H45N3O6S/c1-6-7-20-39-38(43)34(24-30-14-10-8-11-15-30)40(26-31-16-12-9-13-17-31)37(42)27-41(32-22-28(2)21-29(3)23-32)48(44,45)33-18-19-35(46-4)36(25-33)47-5/h8-19,21-23,25,34H,6-7,20,24,26-27H2,1-5H3,(H,39,43). The van der Waals surface area contributed by atoms with Gasteiger partial charge < -0.3 is 19.7 Å². The second-order valence-corrected chi connectivity index (χ2v) is 13.6. The highest BCUT2D eigenvalue weighted by atomic mass is 32.2. The third-order valence-electron chi connectivity index (χ3n) is 8.01. The number of nitrogens with zero attached hydrogens (tertiary/aromatic N) is 2. The van der Waals surface area contributed by atoms with Gasteiger partial charge in [-0.15, -0.1) is 0 Å². The number of nitrogens with one attached hydrogen (secondary N) is 1. The van der Waals surface area contributed by atoms with E-state index in [1.54, 1.807) is 12.1 Å². The Balaban J connectivity index is 1.83. The number of hydrogen-bond acceptors (Lipinski definition) is 6. The zero-order valence-corrected chi connectivity index (χ0v) is 29.1. The van der Waals surface area contributed by atoms with Crippen LogP contribution >= 0.6 is 0 Å². The third kappa shape index (κ3) is 9.16. The van der Waals surface area contributed by atoms with Crippen LogP contribution in [0.2, 0.25) is 0 Å². The summed E-state index contributed by atoms with van der Waals surface area (Å²) >= 11 is 0. The first kappa shape index (κ1) is 36.0. The van der Waals surface area contributed by atoms with Crippen molar-refractivity contribution in [3.63, 3.8) is 0 Å².